The topological polar surface area (TPSA) is 55.0 Å². The van der Waals surface area contributed by atoms with Crippen LogP contribution >= 0.6 is 0 Å². The van der Waals surface area contributed by atoms with E-state index in [1.165, 1.54) is 0 Å². The van der Waals surface area contributed by atoms with Gasteiger partial charge in [0.25, 0.3) is 0 Å². The molecule has 0 radical (unpaired) electrons. The fraction of sp³-hybridized carbons (Fsp3) is 0.667. The Balaban J connectivity index is 1.97. The zero-order valence-electron chi connectivity index (χ0n) is 10.3. The molecule has 0 unspecified atom stereocenters. The molecule has 0 atom stereocenters. The van der Waals surface area contributed by atoms with Gasteiger partial charge in [0.05, 0.1) is 17.6 Å². The van der Waals surface area contributed by atoms with Crippen LogP contribution in [0.4, 0.5) is 5.82 Å². The summed E-state index contributed by atoms with van der Waals surface area (Å²) < 4.78 is 0. The molecule has 2 N–H and O–H groups in total. The molecule has 16 heavy (non-hydrogen) atoms. The Morgan fingerprint density at radius 3 is 2.62 bits per heavy atom. The number of rotatable bonds is 3. The molecule has 1 aromatic rings. The number of anilines is 1. The van der Waals surface area contributed by atoms with Gasteiger partial charge in [-0.3, -0.25) is 4.98 Å². The van der Waals surface area contributed by atoms with E-state index in [1.54, 1.807) is 0 Å². The van der Waals surface area contributed by atoms with Crippen LogP contribution in [0.1, 0.15) is 24.2 Å². The summed E-state index contributed by atoms with van der Waals surface area (Å²) in [7, 11) is 2.07. The van der Waals surface area contributed by atoms with Crippen LogP contribution in [-0.4, -0.2) is 29.6 Å². The third-order valence-corrected chi connectivity index (χ3v) is 3.37. The number of nitrogens with zero attached hydrogens (tertiary/aromatic N) is 3. The smallest absolute Gasteiger partial charge is 0.147 e. The van der Waals surface area contributed by atoms with Crippen molar-refractivity contribution in [2.45, 2.75) is 32.7 Å². The number of hydrogen-bond acceptors (Lipinski definition) is 4. The third-order valence-electron chi connectivity index (χ3n) is 3.37. The molecule has 2 rings (SSSR count). The van der Waals surface area contributed by atoms with E-state index in [4.69, 9.17) is 5.73 Å². The first-order chi connectivity index (χ1) is 7.56. The minimum atomic E-state index is 0.421. The van der Waals surface area contributed by atoms with Crippen LogP contribution < -0.4 is 10.6 Å². The van der Waals surface area contributed by atoms with E-state index in [2.05, 4.69) is 21.9 Å². The molecule has 1 aliphatic carbocycles. The average Bonchev–Trinajstić information content (AvgIpc) is 2.19. The van der Waals surface area contributed by atoms with E-state index in [0.717, 1.165) is 42.5 Å². The molecule has 1 heterocycles. The minimum absolute atomic E-state index is 0.421. The molecule has 0 amide bonds. The fourth-order valence-electron chi connectivity index (χ4n) is 2.13. The lowest BCUT2D eigenvalue weighted by Gasteiger charge is -2.35. The summed E-state index contributed by atoms with van der Waals surface area (Å²) in [5.74, 6) is 1.69. The SMILES string of the molecule is Cc1ncc(N(C)CC2CC(N)C2)nc1C. The molecule has 0 bridgehead atoms. The fourth-order valence-corrected chi connectivity index (χ4v) is 2.13. The lowest BCUT2D eigenvalue weighted by atomic mass is 9.81. The van der Waals surface area contributed by atoms with Gasteiger partial charge in [-0.1, -0.05) is 0 Å². The maximum absolute atomic E-state index is 5.78. The van der Waals surface area contributed by atoms with E-state index in [-0.39, 0.29) is 0 Å². The van der Waals surface area contributed by atoms with Crippen molar-refractivity contribution in [3.05, 3.63) is 17.6 Å². The molecular formula is C12H20N4. The van der Waals surface area contributed by atoms with E-state index in [1.807, 2.05) is 20.0 Å². The molecule has 0 aromatic carbocycles. The predicted octanol–water partition coefficient (Wildman–Crippen LogP) is 1.27. The Morgan fingerprint density at radius 1 is 1.38 bits per heavy atom. The largest absolute Gasteiger partial charge is 0.358 e. The van der Waals surface area contributed by atoms with Crippen molar-refractivity contribution in [1.29, 1.82) is 0 Å². The normalized spacial score (nSPS) is 24.0. The molecule has 0 aliphatic heterocycles. The van der Waals surface area contributed by atoms with Gasteiger partial charge in [0, 0.05) is 19.6 Å². The van der Waals surface area contributed by atoms with Crippen molar-refractivity contribution in [2.75, 3.05) is 18.5 Å². The van der Waals surface area contributed by atoms with Crippen molar-refractivity contribution in [3.63, 3.8) is 0 Å². The highest BCUT2D eigenvalue weighted by Gasteiger charge is 2.27. The molecular weight excluding hydrogens is 200 g/mol. The van der Waals surface area contributed by atoms with Crippen molar-refractivity contribution in [3.8, 4) is 0 Å². The third kappa shape index (κ3) is 2.32. The summed E-state index contributed by atoms with van der Waals surface area (Å²) in [6, 6.07) is 0.421. The molecule has 4 nitrogen and oxygen atoms in total. The number of nitrogens with two attached hydrogens (primary N) is 1. The summed E-state index contributed by atoms with van der Waals surface area (Å²) in [5.41, 5.74) is 7.79. The van der Waals surface area contributed by atoms with Gasteiger partial charge in [-0.05, 0) is 32.6 Å². The minimum Gasteiger partial charge on any atom is -0.358 e. The lowest BCUT2D eigenvalue weighted by molar-refractivity contribution is 0.270. The molecule has 1 fully saturated rings. The Hall–Kier alpha value is -1.16. The van der Waals surface area contributed by atoms with E-state index in [0.29, 0.717) is 6.04 Å². The Bertz CT molecular complexity index is 371. The summed E-state index contributed by atoms with van der Waals surface area (Å²) in [6.45, 7) is 5.01. The van der Waals surface area contributed by atoms with Gasteiger partial charge in [0.15, 0.2) is 0 Å². The van der Waals surface area contributed by atoms with Crippen LogP contribution in [0.5, 0.6) is 0 Å². The molecule has 4 heteroatoms. The van der Waals surface area contributed by atoms with Gasteiger partial charge in [-0.2, -0.15) is 0 Å². The summed E-state index contributed by atoms with van der Waals surface area (Å²) in [5, 5.41) is 0. The van der Waals surface area contributed by atoms with Crippen LogP contribution in [0, 0.1) is 19.8 Å². The van der Waals surface area contributed by atoms with Gasteiger partial charge in [0.1, 0.15) is 5.82 Å². The van der Waals surface area contributed by atoms with E-state index in [9.17, 15) is 0 Å². The van der Waals surface area contributed by atoms with Crippen molar-refractivity contribution < 1.29 is 0 Å². The monoisotopic (exact) mass is 220 g/mol. The summed E-state index contributed by atoms with van der Waals surface area (Å²) >= 11 is 0. The molecule has 1 saturated carbocycles. The van der Waals surface area contributed by atoms with Gasteiger partial charge in [0.2, 0.25) is 0 Å². The molecule has 1 aliphatic rings. The highest BCUT2D eigenvalue weighted by molar-refractivity contribution is 5.36. The second-order valence-electron chi connectivity index (χ2n) is 4.88. The van der Waals surface area contributed by atoms with Crippen LogP contribution in [0.2, 0.25) is 0 Å². The second-order valence-corrected chi connectivity index (χ2v) is 4.88. The first kappa shape index (κ1) is 11.3. The van der Waals surface area contributed by atoms with Gasteiger partial charge in [-0.15, -0.1) is 0 Å². The Morgan fingerprint density at radius 2 is 2.06 bits per heavy atom. The maximum atomic E-state index is 5.78. The number of aryl methyl sites for hydroxylation is 2. The zero-order chi connectivity index (χ0) is 11.7. The summed E-state index contributed by atoms with van der Waals surface area (Å²) in [6.07, 6.45) is 4.13. The first-order valence-corrected chi connectivity index (χ1v) is 5.83. The molecule has 0 spiro atoms. The number of aromatic nitrogens is 2. The molecule has 0 saturated heterocycles. The van der Waals surface area contributed by atoms with Gasteiger partial charge < -0.3 is 10.6 Å². The Kier molecular flexibility index (Phi) is 3.10. The van der Waals surface area contributed by atoms with Crippen molar-refractivity contribution in [1.82, 2.24) is 9.97 Å². The highest BCUT2D eigenvalue weighted by atomic mass is 15.2. The first-order valence-electron chi connectivity index (χ1n) is 5.83. The van der Waals surface area contributed by atoms with Crippen LogP contribution in [0.3, 0.4) is 0 Å². The highest BCUT2D eigenvalue weighted by Crippen LogP contribution is 2.27. The van der Waals surface area contributed by atoms with Crippen LogP contribution in [0.15, 0.2) is 6.20 Å². The van der Waals surface area contributed by atoms with Crippen LogP contribution in [-0.2, 0) is 0 Å². The van der Waals surface area contributed by atoms with Crippen molar-refractivity contribution in [2.24, 2.45) is 11.7 Å². The lowest BCUT2D eigenvalue weighted by Crippen LogP contribution is -2.42. The maximum Gasteiger partial charge on any atom is 0.147 e. The van der Waals surface area contributed by atoms with Crippen LogP contribution in [0.25, 0.3) is 0 Å². The summed E-state index contributed by atoms with van der Waals surface area (Å²) in [4.78, 5) is 11.0. The van der Waals surface area contributed by atoms with Gasteiger partial charge in [-0.25, -0.2) is 4.98 Å². The van der Waals surface area contributed by atoms with E-state index < -0.39 is 0 Å². The quantitative estimate of drug-likeness (QED) is 0.833. The van der Waals surface area contributed by atoms with E-state index >= 15 is 0 Å². The number of hydrogen-bond donors (Lipinski definition) is 1. The van der Waals surface area contributed by atoms with Gasteiger partial charge >= 0.3 is 0 Å². The average molecular weight is 220 g/mol. The molecule has 88 valence electrons. The standard InChI is InChI=1S/C12H20N4/c1-8-9(2)15-12(6-14-8)16(3)7-10-4-11(13)5-10/h6,10-11H,4-5,7,13H2,1-3H3. The zero-order valence-corrected chi connectivity index (χ0v) is 10.3. The second kappa shape index (κ2) is 4.37. The Labute approximate surface area is 96.9 Å². The molecule has 1 aromatic heterocycles. The predicted molar refractivity (Wildman–Crippen MR) is 65.5 cm³/mol. The van der Waals surface area contributed by atoms with Crippen molar-refractivity contribution >= 4 is 5.82 Å².